The van der Waals surface area contributed by atoms with E-state index in [2.05, 4.69) is 15.2 Å². The Morgan fingerprint density at radius 1 is 1.40 bits per heavy atom. The molecular formula is C14H16ClN5. The highest BCUT2D eigenvalue weighted by Gasteiger charge is 2.32. The summed E-state index contributed by atoms with van der Waals surface area (Å²) in [7, 11) is 0. The number of nitrogens with two attached hydrogens (primary N) is 1. The third-order valence-electron chi connectivity index (χ3n) is 3.59. The molecule has 0 aliphatic carbocycles. The van der Waals surface area contributed by atoms with Crippen LogP contribution in [0, 0.1) is 13.8 Å². The summed E-state index contributed by atoms with van der Waals surface area (Å²) in [5, 5.41) is 7.96. The zero-order chi connectivity index (χ0) is 14.3. The minimum atomic E-state index is 0.0622. The van der Waals surface area contributed by atoms with Gasteiger partial charge in [0.1, 0.15) is 0 Å². The van der Waals surface area contributed by atoms with Crippen LogP contribution in [0.25, 0.3) is 0 Å². The van der Waals surface area contributed by atoms with Crippen LogP contribution in [0.15, 0.2) is 29.3 Å². The summed E-state index contributed by atoms with van der Waals surface area (Å²) in [6.07, 6.45) is 0. The number of hydrogen-bond acceptors (Lipinski definition) is 4. The number of aryl methyl sites for hydroxylation is 2. The normalized spacial score (nSPS) is 18.4. The summed E-state index contributed by atoms with van der Waals surface area (Å²) in [6, 6.07) is 7.70. The molecule has 0 saturated heterocycles. The van der Waals surface area contributed by atoms with Crippen molar-refractivity contribution in [2.24, 2.45) is 10.7 Å². The smallest absolute Gasteiger partial charge is 0.196 e. The van der Waals surface area contributed by atoms with E-state index >= 15 is 0 Å². The van der Waals surface area contributed by atoms with Crippen molar-refractivity contribution >= 4 is 23.2 Å². The van der Waals surface area contributed by atoms with Gasteiger partial charge in [0.25, 0.3) is 0 Å². The van der Waals surface area contributed by atoms with E-state index in [1.165, 1.54) is 0 Å². The van der Waals surface area contributed by atoms with Crippen molar-refractivity contribution in [3.8, 4) is 0 Å². The third kappa shape index (κ3) is 2.04. The first kappa shape index (κ1) is 13.0. The van der Waals surface area contributed by atoms with Crippen LogP contribution in [0.1, 0.15) is 23.0 Å². The molecule has 0 amide bonds. The van der Waals surface area contributed by atoms with Gasteiger partial charge in [0, 0.05) is 22.0 Å². The first-order valence-electron chi connectivity index (χ1n) is 6.44. The van der Waals surface area contributed by atoms with E-state index in [9.17, 15) is 0 Å². The number of nitrogens with zero attached hydrogens (tertiary/aromatic N) is 3. The van der Waals surface area contributed by atoms with Gasteiger partial charge in [-0.25, -0.2) is 0 Å². The standard InChI is InChI=1S/C14H16ClN5/c1-8-13(9(2)19-18-8)12-7-17-14(16)20(12)11-5-3-4-10(15)6-11/h3-6,12H,7H2,1-2H3,(H2,16,17)(H,18,19). The maximum Gasteiger partial charge on any atom is 0.196 e. The van der Waals surface area contributed by atoms with Gasteiger partial charge in [0.2, 0.25) is 0 Å². The fourth-order valence-corrected chi connectivity index (χ4v) is 2.89. The highest BCUT2D eigenvalue weighted by atomic mass is 35.5. The van der Waals surface area contributed by atoms with E-state index in [-0.39, 0.29) is 6.04 Å². The van der Waals surface area contributed by atoms with Gasteiger partial charge in [-0.15, -0.1) is 0 Å². The monoisotopic (exact) mass is 289 g/mol. The number of rotatable bonds is 2. The lowest BCUT2D eigenvalue weighted by molar-refractivity contribution is 0.757. The predicted octanol–water partition coefficient (Wildman–Crippen LogP) is 2.56. The average molecular weight is 290 g/mol. The molecule has 0 bridgehead atoms. The molecule has 5 nitrogen and oxygen atoms in total. The Morgan fingerprint density at radius 3 is 2.85 bits per heavy atom. The van der Waals surface area contributed by atoms with Crippen molar-refractivity contribution in [1.29, 1.82) is 0 Å². The number of halogens is 1. The Kier molecular flexibility index (Phi) is 3.14. The third-order valence-corrected chi connectivity index (χ3v) is 3.82. The number of aromatic nitrogens is 2. The number of hydrogen-bond donors (Lipinski definition) is 2. The van der Waals surface area contributed by atoms with Crippen molar-refractivity contribution in [1.82, 2.24) is 10.2 Å². The minimum absolute atomic E-state index is 0.0622. The van der Waals surface area contributed by atoms with Gasteiger partial charge in [-0.2, -0.15) is 5.10 Å². The molecule has 1 aromatic heterocycles. The largest absolute Gasteiger partial charge is 0.369 e. The number of H-pyrrole nitrogens is 1. The quantitative estimate of drug-likeness (QED) is 0.892. The lowest BCUT2D eigenvalue weighted by Gasteiger charge is -2.26. The molecule has 1 unspecified atom stereocenters. The molecule has 3 rings (SSSR count). The van der Waals surface area contributed by atoms with Crippen molar-refractivity contribution in [2.45, 2.75) is 19.9 Å². The maximum absolute atomic E-state index is 6.08. The number of aromatic amines is 1. The van der Waals surface area contributed by atoms with Gasteiger partial charge < -0.3 is 10.6 Å². The van der Waals surface area contributed by atoms with Crippen LogP contribution < -0.4 is 10.6 Å². The highest BCUT2D eigenvalue weighted by molar-refractivity contribution is 6.30. The summed E-state index contributed by atoms with van der Waals surface area (Å²) in [6.45, 7) is 4.63. The second-order valence-corrected chi connectivity index (χ2v) is 5.35. The number of benzene rings is 1. The number of aliphatic imine (C=N–C) groups is 1. The van der Waals surface area contributed by atoms with Crippen LogP contribution in [0.3, 0.4) is 0 Å². The Labute approximate surface area is 122 Å². The van der Waals surface area contributed by atoms with E-state index in [1.807, 2.05) is 43.0 Å². The molecule has 2 heterocycles. The zero-order valence-electron chi connectivity index (χ0n) is 11.4. The van der Waals surface area contributed by atoms with Gasteiger partial charge in [0.05, 0.1) is 18.3 Å². The molecule has 104 valence electrons. The number of anilines is 1. The van der Waals surface area contributed by atoms with Crippen molar-refractivity contribution in [3.05, 3.63) is 46.2 Å². The van der Waals surface area contributed by atoms with Gasteiger partial charge in [-0.1, -0.05) is 17.7 Å². The van der Waals surface area contributed by atoms with E-state index in [4.69, 9.17) is 17.3 Å². The molecule has 1 aromatic carbocycles. The highest BCUT2D eigenvalue weighted by Crippen LogP contribution is 2.34. The summed E-state index contributed by atoms with van der Waals surface area (Å²) >= 11 is 6.08. The van der Waals surface area contributed by atoms with Gasteiger partial charge in [-0.3, -0.25) is 10.1 Å². The van der Waals surface area contributed by atoms with Crippen LogP contribution in [-0.4, -0.2) is 22.7 Å². The Morgan fingerprint density at radius 2 is 2.20 bits per heavy atom. The number of nitrogens with one attached hydrogen (secondary N) is 1. The molecule has 1 aliphatic heterocycles. The Bertz CT molecular complexity index is 656. The SMILES string of the molecule is Cc1n[nH]c(C)c1C1CN=C(N)N1c1cccc(Cl)c1. The second-order valence-electron chi connectivity index (χ2n) is 4.91. The molecular weight excluding hydrogens is 274 g/mol. The fraction of sp³-hybridized carbons (Fsp3) is 0.286. The molecule has 1 atom stereocenters. The first-order chi connectivity index (χ1) is 9.58. The number of guanidine groups is 1. The van der Waals surface area contributed by atoms with Crippen LogP contribution in [0.4, 0.5) is 5.69 Å². The van der Waals surface area contributed by atoms with E-state index < -0.39 is 0 Å². The topological polar surface area (TPSA) is 70.3 Å². The van der Waals surface area contributed by atoms with Crippen molar-refractivity contribution in [3.63, 3.8) is 0 Å². The van der Waals surface area contributed by atoms with Crippen molar-refractivity contribution < 1.29 is 0 Å². The molecule has 20 heavy (non-hydrogen) atoms. The summed E-state index contributed by atoms with van der Waals surface area (Å²) < 4.78 is 0. The average Bonchev–Trinajstić information content (AvgIpc) is 2.93. The molecule has 0 radical (unpaired) electrons. The zero-order valence-corrected chi connectivity index (χ0v) is 12.1. The minimum Gasteiger partial charge on any atom is -0.369 e. The summed E-state index contributed by atoms with van der Waals surface area (Å²) in [5.41, 5.74) is 10.2. The lowest BCUT2D eigenvalue weighted by atomic mass is 10.0. The summed E-state index contributed by atoms with van der Waals surface area (Å²) in [4.78, 5) is 6.39. The van der Waals surface area contributed by atoms with Crippen LogP contribution in [0.5, 0.6) is 0 Å². The molecule has 0 saturated carbocycles. The van der Waals surface area contributed by atoms with Gasteiger partial charge >= 0.3 is 0 Å². The molecule has 6 heteroatoms. The summed E-state index contributed by atoms with van der Waals surface area (Å²) in [5.74, 6) is 0.511. The van der Waals surface area contributed by atoms with E-state index in [0.717, 1.165) is 22.6 Å². The Hall–Kier alpha value is -2.01. The second kappa shape index (κ2) is 4.83. The molecule has 3 N–H and O–H groups in total. The molecule has 2 aromatic rings. The van der Waals surface area contributed by atoms with Gasteiger partial charge in [-0.05, 0) is 32.0 Å². The lowest BCUT2D eigenvalue weighted by Crippen LogP contribution is -2.36. The van der Waals surface area contributed by atoms with Crippen molar-refractivity contribution in [2.75, 3.05) is 11.4 Å². The fourth-order valence-electron chi connectivity index (χ4n) is 2.71. The molecule has 0 fully saturated rings. The van der Waals surface area contributed by atoms with Crippen LogP contribution >= 0.6 is 11.6 Å². The maximum atomic E-state index is 6.08. The van der Waals surface area contributed by atoms with E-state index in [0.29, 0.717) is 17.5 Å². The molecule has 1 aliphatic rings. The van der Waals surface area contributed by atoms with Crippen LogP contribution in [-0.2, 0) is 0 Å². The van der Waals surface area contributed by atoms with Gasteiger partial charge in [0.15, 0.2) is 5.96 Å². The Balaban J connectivity index is 2.05. The van der Waals surface area contributed by atoms with Crippen LogP contribution in [0.2, 0.25) is 5.02 Å². The first-order valence-corrected chi connectivity index (χ1v) is 6.82. The molecule has 0 spiro atoms. The van der Waals surface area contributed by atoms with E-state index in [1.54, 1.807) is 0 Å². The predicted molar refractivity (Wildman–Crippen MR) is 81.2 cm³/mol.